The second-order valence-corrected chi connectivity index (χ2v) is 8.28. The molecule has 3 aromatic rings. The monoisotopic (exact) mass is 411 g/mol. The van der Waals surface area contributed by atoms with Gasteiger partial charge in [0.05, 0.1) is 0 Å². The van der Waals surface area contributed by atoms with Gasteiger partial charge in [0.2, 0.25) is 0 Å². The molecule has 3 rings (SSSR count). The van der Waals surface area contributed by atoms with Crippen molar-refractivity contribution in [2.75, 3.05) is 18.0 Å². The summed E-state index contributed by atoms with van der Waals surface area (Å²) in [6, 6.07) is 30.5. The smallest absolute Gasteiger partial charge is 0.0366 e. The molecular weight excluding hydrogens is 374 g/mol. The van der Waals surface area contributed by atoms with Crippen LogP contribution in [0, 0.1) is 0 Å². The molecule has 1 heteroatoms. The van der Waals surface area contributed by atoms with Crippen LogP contribution in [0.4, 0.5) is 5.69 Å². The summed E-state index contributed by atoms with van der Waals surface area (Å²) in [5, 5.41) is 0. The van der Waals surface area contributed by atoms with E-state index in [0.717, 1.165) is 13.1 Å². The molecule has 0 atom stereocenters. The molecule has 3 aromatic carbocycles. The molecular formula is C30H37N. The normalized spacial score (nSPS) is 10.6. The van der Waals surface area contributed by atoms with E-state index in [1.165, 1.54) is 66.5 Å². The van der Waals surface area contributed by atoms with Gasteiger partial charge in [-0.15, -0.1) is 0 Å². The Morgan fingerprint density at radius 2 is 1.10 bits per heavy atom. The van der Waals surface area contributed by atoms with E-state index in [0.29, 0.717) is 0 Å². The Hall–Kier alpha value is -2.80. The van der Waals surface area contributed by atoms with Crippen molar-refractivity contribution < 1.29 is 0 Å². The van der Waals surface area contributed by atoms with Crippen LogP contribution in [0.15, 0.2) is 84.9 Å². The number of hydrogen-bond acceptors (Lipinski definition) is 1. The molecule has 0 saturated carbocycles. The lowest BCUT2D eigenvalue weighted by Gasteiger charge is -2.25. The average Bonchev–Trinajstić information content (AvgIpc) is 2.83. The van der Waals surface area contributed by atoms with Crippen molar-refractivity contribution in [1.29, 1.82) is 0 Å². The predicted octanol–water partition coefficient (Wildman–Crippen LogP) is 8.46. The predicted molar refractivity (Wildman–Crippen MR) is 138 cm³/mol. The maximum absolute atomic E-state index is 2.58. The maximum Gasteiger partial charge on any atom is 0.0366 e. The number of nitrogens with zero attached hydrogens (tertiary/aromatic N) is 1. The van der Waals surface area contributed by atoms with E-state index in [-0.39, 0.29) is 0 Å². The van der Waals surface area contributed by atoms with Gasteiger partial charge in [-0.2, -0.15) is 0 Å². The first-order chi connectivity index (χ1) is 15.3. The molecule has 0 N–H and O–H groups in total. The Morgan fingerprint density at radius 1 is 0.613 bits per heavy atom. The first-order valence-corrected chi connectivity index (χ1v) is 12.0. The molecule has 0 amide bonds. The van der Waals surface area contributed by atoms with Crippen molar-refractivity contribution in [1.82, 2.24) is 0 Å². The molecule has 0 bridgehead atoms. The van der Waals surface area contributed by atoms with Gasteiger partial charge in [-0.1, -0.05) is 112 Å². The molecule has 0 aliphatic carbocycles. The molecule has 0 fully saturated rings. The lowest BCUT2D eigenvalue weighted by Crippen LogP contribution is -2.25. The zero-order chi connectivity index (χ0) is 21.7. The highest BCUT2D eigenvalue weighted by Crippen LogP contribution is 2.27. The van der Waals surface area contributed by atoms with E-state index >= 15 is 0 Å². The lowest BCUT2D eigenvalue weighted by molar-refractivity contribution is 0.636. The number of unbranched alkanes of at least 4 members (excludes halogenated alkanes) is 4. The van der Waals surface area contributed by atoms with Crippen molar-refractivity contribution in [2.45, 2.75) is 52.4 Å². The fraction of sp³-hybridized carbons (Fsp3) is 0.333. The van der Waals surface area contributed by atoms with Gasteiger partial charge in [-0.3, -0.25) is 0 Å². The van der Waals surface area contributed by atoms with Gasteiger partial charge in [-0.25, -0.2) is 0 Å². The van der Waals surface area contributed by atoms with Gasteiger partial charge < -0.3 is 4.90 Å². The Kier molecular flexibility index (Phi) is 9.44. The largest absolute Gasteiger partial charge is 0.372 e. The molecule has 0 aliphatic rings. The summed E-state index contributed by atoms with van der Waals surface area (Å²) in [6.07, 6.45) is 10.0. The van der Waals surface area contributed by atoms with Crippen LogP contribution in [0.25, 0.3) is 11.6 Å². The van der Waals surface area contributed by atoms with Crippen LogP contribution in [0.2, 0.25) is 0 Å². The highest BCUT2D eigenvalue weighted by molar-refractivity contribution is 5.91. The highest BCUT2D eigenvalue weighted by Gasteiger charge is 2.08. The van der Waals surface area contributed by atoms with Crippen LogP contribution in [-0.4, -0.2) is 13.1 Å². The van der Waals surface area contributed by atoms with E-state index < -0.39 is 0 Å². The first-order valence-electron chi connectivity index (χ1n) is 12.0. The summed E-state index contributed by atoms with van der Waals surface area (Å²) in [6.45, 7) is 6.87. The molecule has 0 spiro atoms. The van der Waals surface area contributed by atoms with E-state index in [1.807, 2.05) is 0 Å². The van der Waals surface area contributed by atoms with E-state index in [1.54, 1.807) is 0 Å². The molecule has 1 nitrogen and oxygen atoms in total. The topological polar surface area (TPSA) is 3.24 Å². The van der Waals surface area contributed by atoms with Crippen molar-refractivity contribution in [3.05, 3.63) is 102 Å². The Labute approximate surface area is 189 Å². The third-order valence-corrected chi connectivity index (χ3v) is 5.80. The Morgan fingerprint density at radius 3 is 1.55 bits per heavy atom. The Balaban J connectivity index is 1.83. The summed E-state index contributed by atoms with van der Waals surface area (Å²) in [4.78, 5) is 2.58. The van der Waals surface area contributed by atoms with E-state index in [2.05, 4.69) is 110 Å². The van der Waals surface area contributed by atoms with Crippen LogP contribution in [0.5, 0.6) is 0 Å². The van der Waals surface area contributed by atoms with Crippen LogP contribution in [-0.2, 0) is 0 Å². The van der Waals surface area contributed by atoms with Crippen LogP contribution in [0.3, 0.4) is 0 Å². The first kappa shape index (κ1) is 22.9. The van der Waals surface area contributed by atoms with Gasteiger partial charge in [-0.05, 0) is 53.3 Å². The average molecular weight is 412 g/mol. The van der Waals surface area contributed by atoms with Gasteiger partial charge in [0.15, 0.2) is 0 Å². The van der Waals surface area contributed by atoms with Crippen molar-refractivity contribution in [2.24, 2.45) is 0 Å². The fourth-order valence-corrected chi connectivity index (χ4v) is 3.99. The number of anilines is 1. The summed E-state index contributed by atoms with van der Waals surface area (Å²) >= 11 is 0. The minimum absolute atomic E-state index is 1.16. The summed E-state index contributed by atoms with van der Waals surface area (Å²) in [5.74, 6) is 0. The molecule has 0 saturated heterocycles. The zero-order valence-corrected chi connectivity index (χ0v) is 19.3. The highest BCUT2D eigenvalue weighted by atomic mass is 15.1. The van der Waals surface area contributed by atoms with E-state index in [9.17, 15) is 0 Å². The maximum atomic E-state index is 2.58. The minimum Gasteiger partial charge on any atom is -0.372 e. The molecule has 0 radical (unpaired) electrons. The van der Waals surface area contributed by atoms with Gasteiger partial charge in [0.1, 0.15) is 0 Å². The third-order valence-electron chi connectivity index (χ3n) is 5.80. The van der Waals surface area contributed by atoms with Crippen LogP contribution in [0.1, 0.15) is 69.1 Å². The molecule has 0 aromatic heterocycles. The number of benzene rings is 3. The van der Waals surface area contributed by atoms with Gasteiger partial charge in [0, 0.05) is 18.8 Å². The molecule has 0 heterocycles. The quantitative estimate of drug-likeness (QED) is 0.213. The van der Waals surface area contributed by atoms with Crippen LogP contribution < -0.4 is 4.90 Å². The summed E-state index contributed by atoms with van der Waals surface area (Å²) in [5.41, 5.74) is 6.35. The second kappa shape index (κ2) is 12.8. The zero-order valence-electron chi connectivity index (χ0n) is 19.3. The van der Waals surface area contributed by atoms with Crippen molar-refractivity contribution >= 4 is 17.3 Å². The second-order valence-electron chi connectivity index (χ2n) is 8.28. The molecule has 31 heavy (non-hydrogen) atoms. The molecule has 0 unspecified atom stereocenters. The van der Waals surface area contributed by atoms with E-state index in [4.69, 9.17) is 0 Å². The van der Waals surface area contributed by atoms with Crippen molar-refractivity contribution in [3.8, 4) is 0 Å². The molecule has 162 valence electrons. The molecule has 0 aliphatic heterocycles. The summed E-state index contributed by atoms with van der Waals surface area (Å²) < 4.78 is 0. The van der Waals surface area contributed by atoms with Crippen molar-refractivity contribution in [3.63, 3.8) is 0 Å². The van der Waals surface area contributed by atoms with Gasteiger partial charge >= 0.3 is 0 Å². The number of hydrogen-bond donors (Lipinski definition) is 0. The van der Waals surface area contributed by atoms with Crippen LogP contribution >= 0.6 is 0 Å². The number of rotatable bonds is 12. The lowest BCUT2D eigenvalue weighted by atomic mass is 9.95. The van der Waals surface area contributed by atoms with Gasteiger partial charge in [0.25, 0.3) is 0 Å². The standard InChI is InChI=1S/C30H37N/c1-3-5-13-23-31(24-14-6-4-2)29-21-19-26(20-22-29)25-30(27-15-9-7-10-16-27)28-17-11-8-12-18-28/h7-12,15-22,25H,3-6,13-14,23-24H2,1-2H3. The Bertz CT molecular complexity index is 843. The minimum atomic E-state index is 1.16. The SMILES string of the molecule is CCCCCN(CCCCC)c1ccc(C=C(c2ccccc2)c2ccccc2)cc1. The third kappa shape index (κ3) is 7.14. The fourth-order valence-electron chi connectivity index (χ4n) is 3.99. The summed E-state index contributed by atoms with van der Waals surface area (Å²) in [7, 11) is 0.